The molecular formula is C18H26ClNO. The van der Waals surface area contributed by atoms with E-state index < -0.39 is 0 Å². The minimum Gasteiger partial charge on any atom is -0.393 e. The molecule has 1 aliphatic rings. The second-order valence-corrected chi connectivity index (χ2v) is 6.80. The zero-order valence-electron chi connectivity index (χ0n) is 13.1. The highest BCUT2D eigenvalue weighted by Gasteiger charge is 2.24. The van der Waals surface area contributed by atoms with Crippen molar-refractivity contribution in [3.05, 3.63) is 47.0 Å². The number of rotatable bonds is 5. The van der Waals surface area contributed by atoms with Gasteiger partial charge in [-0.3, -0.25) is 0 Å². The van der Waals surface area contributed by atoms with Gasteiger partial charge in [-0.05, 0) is 36.5 Å². The first-order valence-corrected chi connectivity index (χ1v) is 8.19. The molecule has 0 radical (unpaired) electrons. The van der Waals surface area contributed by atoms with Crippen LogP contribution in [0.4, 0.5) is 0 Å². The van der Waals surface area contributed by atoms with Crippen molar-refractivity contribution in [3.63, 3.8) is 0 Å². The van der Waals surface area contributed by atoms with E-state index in [1.54, 1.807) is 0 Å². The first-order valence-electron chi connectivity index (χ1n) is 7.82. The van der Waals surface area contributed by atoms with Crippen molar-refractivity contribution in [1.82, 2.24) is 4.90 Å². The molecule has 3 heteroatoms. The van der Waals surface area contributed by atoms with Gasteiger partial charge in [0.25, 0.3) is 0 Å². The molecule has 1 fully saturated rings. The normalized spacial score (nSPS) is 18.9. The molecule has 0 saturated carbocycles. The Bertz CT molecular complexity index is 461. The molecule has 0 aliphatic carbocycles. The van der Waals surface area contributed by atoms with Gasteiger partial charge in [-0.2, -0.15) is 0 Å². The smallest absolute Gasteiger partial charge is 0.0564 e. The third-order valence-corrected chi connectivity index (χ3v) is 4.71. The van der Waals surface area contributed by atoms with Crippen LogP contribution in [0.15, 0.2) is 36.4 Å². The van der Waals surface area contributed by atoms with E-state index >= 15 is 0 Å². The van der Waals surface area contributed by atoms with E-state index in [1.807, 2.05) is 12.1 Å². The second-order valence-electron chi connectivity index (χ2n) is 6.37. The standard InChI is InChI=1S/C18H26ClNO/c1-13(2)14(3)18(15-4-6-16(19)7-5-15)12-20-10-8-17(21)9-11-20/h4-7,13,17-18,21H,3,8-12H2,1-2H3/t18-/m0/s1. The summed E-state index contributed by atoms with van der Waals surface area (Å²) in [6.07, 6.45) is 1.63. The number of aliphatic hydroxyl groups is 1. The third kappa shape index (κ3) is 4.57. The topological polar surface area (TPSA) is 23.5 Å². The maximum atomic E-state index is 9.65. The summed E-state index contributed by atoms with van der Waals surface area (Å²) in [7, 11) is 0. The molecule has 1 N–H and O–H groups in total. The van der Waals surface area contributed by atoms with Crippen LogP contribution in [0.5, 0.6) is 0 Å². The van der Waals surface area contributed by atoms with Crippen LogP contribution in [0.1, 0.15) is 38.2 Å². The summed E-state index contributed by atoms with van der Waals surface area (Å²) in [4.78, 5) is 2.44. The molecule has 0 aromatic heterocycles. The fourth-order valence-electron chi connectivity index (χ4n) is 2.89. The Hall–Kier alpha value is -0.830. The lowest BCUT2D eigenvalue weighted by atomic mass is 9.85. The fourth-order valence-corrected chi connectivity index (χ4v) is 3.02. The van der Waals surface area contributed by atoms with Crippen LogP contribution < -0.4 is 0 Å². The summed E-state index contributed by atoms with van der Waals surface area (Å²) in [5.74, 6) is 0.790. The number of aliphatic hydroxyl groups excluding tert-OH is 1. The Balaban J connectivity index is 2.12. The predicted octanol–water partition coefficient (Wildman–Crippen LogP) is 4.09. The molecule has 1 aromatic rings. The minimum atomic E-state index is -0.122. The van der Waals surface area contributed by atoms with E-state index in [4.69, 9.17) is 11.6 Å². The maximum Gasteiger partial charge on any atom is 0.0564 e. The van der Waals surface area contributed by atoms with Crippen LogP contribution in [-0.4, -0.2) is 35.7 Å². The summed E-state index contributed by atoms with van der Waals surface area (Å²) >= 11 is 6.01. The van der Waals surface area contributed by atoms with Gasteiger partial charge in [0.15, 0.2) is 0 Å². The highest BCUT2D eigenvalue weighted by molar-refractivity contribution is 6.30. The predicted molar refractivity (Wildman–Crippen MR) is 89.9 cm³/mol. The average molecular weight is 308 g/mol. The number of hydrogen-bond acceptors (Lipinski definition) is 2. The van der Waals surface area contributed by atoms with E-state index in [0.717, 1.165) is 37.5 Å². The van der Waals surface area contributed by atoms with E-state index in [2.05, 4.69) is 37.5 Å². The fraction of sp³-hybridized carbons (Fsp3) is 0.556. The van der Waals surface area contributed by atoms with Crippen molar-refractivity contribution in [2.75, 3.05) is 19.6 Å². The molecule has 116 valence electrons. The average Bonchev–Trinajstić information content (AvgIpc) is 2.47. The first kappa shape index (κ1) is 16.5. The summed E-state index contributed by atoms with van der Waals surface area (Å²) in [5, 5.41) is 10.4. The van der Waals surface area contributed by atoms with Crippen LogP contribution in [0, 0.1) is 5.92 Å². The monoisotopic (exact) mass is 307 g/mol. The quantitative estimate of drug-likeness (QED) is 0.828. The van der Waals surface area contributed by atoms with E-state index in [1.165, 1.54) is 11.1 Å². The molecule has 2 nitrogen and oxygen atoms in total. The maximum absolute atomic E-state index is 9.65. The van der Waals surface area contributed by atoms with Gasteiger partial charge in [0.1, 0.15) is 0 Å². The molecule has 1 atom stereocenters. The van der Waals surface area contributed by atoms with Gasteiger partial charge in [-0.15, -0.1) is 0 Å². The lowest BCUT2D eigenvalue weighted by molar-refractivity contribution is 0.0807. The molecule has 2 rings (SSSR count). The number of nitrogens with zero attached hydrogens (tertiary/aromatic N) is 1. The van der Waals surface area contributed by atoms with Crippen LogP contribution in [0.2, 0.25) is 5.02 Å². The van der Waals surface area contributed by atoms with Crippen LogP contribution in [-0.2, 0) is 0 Å². The zero-order valence-corrected chi connectivity index (χ0v) is 13.8. The molecule has 0 spiro atoms. The number of benzene rings is 1. The lowest BCUT2D eigenvalue weighted by Crippen LogP contribution is -2.38. The van der Waals surface area contributed by atoms with Crippen molar-refractivity contribution in [2.24, 2.45) is 5.92 Å². The van der Waals surface area contributed by atoms with Crippen LogP contribution in [0.25, 0.3) is 0 Å². The summed E-state index contributed by atoms with van der Waals surface area (Å²) < 4.78 is 0. The summed E-state index contributed by atoms with van der Waals surface area (Å²) in [6, 6.07) is 8.13. The van der Waals surface area contributed by atoms with E-state index in [9.17, 15) is 5.11 Å². The Kier molecular flexibility index (Phi) is 5.86. The lowest BCUT2D eigenvalue weighted by Gasteiger charge is -2.34. The SMILES string of the molecule is C=C(C(C)C)[C@H](CN1CCC(O)CC1)c1ccc(Cl)cc1. The summed E-state index contributed by atoms with van der Waals surface area (Å²) in [5.41, 5.74) is 2.55. The largest absolute Gasteiger partial charge is 0.393 e. The number of likely N-dealkylation sites (tertiary alicyclic amines) is 1. The number of piperidine rings is 1. The van der Waals surface area contributed by atoms with E-state index in [0.29, 0.717) is 11.8 Å². The summed E-state index contributed by atoms with van der Waals surface area (Å²) in [6.45, 7) is 11.6. The number of hydrogen-bond donors (Lipinski definition) is 1. The molecule has 1 aromatic carbocycles. The van der Waals surface area contributed by atoms with Crippen molar-refractivity contribution >= 4 is 11.6 Å². The highest BCUT2D eigenvalue weighted by Crippen LogP contribution is 2.31. The first-order chi connectivity index (χ1) is 9.97. The Morgan fingerprint density at radius 1 is 1.29 bits per heavy atom. The Morgan fingerprint density at radius 2 is 1.86 bits per heavy atom. The van der Waals surface area contributed by atoms with Crippen molar-refractivity contribution in [3.8, 4) is 0 Å². The van der Waals surface area contributed by atoms with Crippen molar-refractivity contribution in [1.29, 1.82) is 0 Å². The van der Waals surface area contributed by atoms with Crippen LogP contribution >= 0.6 is 11.6 Å². The Morgan fingerprint density at radius 3 is 2.38 bits per heavy atom. The van der Waals surface area contributed by atoms with Gasteiger partial charge in [0.05, 0.1) is 6.10 Å². The van der Waals surface area contributed by atoms with Gasteiger partial charge in [-0.1, -0.05) is 49.7 Å². The molecule has 0 unspecified atom stereocenters. The van der Waals surface area contributed by atoms with E-state index in [-0.39, 0.29) is 6.10 Å². The van der Waals surface area contributed by atoms with Gasteiger partial charge >= 0.3 is 0 Å². The molecular weight excluding hydrogens is 282 g/mol. The minimum absolute atomic E-state index is 0.122. The molecule has 0 amide bonds. The molecule has 1 heterocycles. The van der Waals surface area contributed by atoms with Crippen molar-refractivity contribution < 1.29 is 5.11 Å². The molecule has 1 aliphatic heterocycles. The second kappa shape index (κ2) is 7.44. The van der Waals surface area contributed by atoms with Gasteiger partial charge in [-0.25, -0.2) is 0 Å². The van der Waals surface area contributed by atoms with Crippen molar-refractivity contribution in [2.45, 2.75) is 38.7 Å². The third-order valence-electron chi connectivity index (χ3n) is 4.46. The van der Waals surface area contributed by atoms with Gasteiger partial charge in [0, 0.05) is 30.6 Å². The molecule has 21 heavy (non-hydrogen) atoms. The number of halogens is 1. The highest BCUT2D eigenvalue weighted by atomic mass is 35.5. The Labute approximate surface area is 133 Å². The van der Waals surface area contributed by atoms with Gasteiger partial charge in [0.2, 0.25) is 0 Å². The molecule has 0 bridgehead atoms. The molecule has 1 saturated heterocycles. The van der Waals surface area contributed by atoms with Gasteiger partial charge < -0.3 is 10.0 Å². The zero-order chi connectivity index (χ0) is 15.4. The van der Waals surface area contributed by atoms with Crippen LogP contribution in [0.3, 0.4) is 0 Å².